The van der Waals surface area contributed by atoms with Gasteiger partial charge in [-0.2, -0.15) is 0 Å². The molecule has 0 aliphatic heterocycles. The van der Waals surface area contributed by atoms with Gasteiger partial charge in [0.05, 0.1) is 6.10 Å². The molecule has 0 aromatic carbocycles. The molecule has 3 nitrogen and oxygen atoms in total. The van der Waals surface area contributed by atoms with Crippen molar-refractivity contribution >= 4 is 5.91 Å². The van der Waals surface area contributed by atoms with Crippen molar-refractivity contribution in [3.63, 3.8) is 0 Å². The molecule has 3 saturated carbocycles. The Kier molecular flexibility index (Phi) is 4.14. The summed E-state index contributed by atoms with van der Waals surface area (Å²) in [5, 5.41) is 13.0. The first kappa shape index (κ1) is 17.3. The zero-order chi connectivity index (χ0) is 17.8. The van der Waals surface area contributed by atoms with Crippen molar-refractivity contribution in [2.75, 3.05) is 0 Å². The fraction of sp³-hybridized carbons (Fsp3) is 0.773. The van der Waals surface area contributed by atoms with Crippen molar-refractivity contribution in [3.8, 4) is 0 Å². The molecule has 4 aliphatic rings. The molecule has 1 unspecified atom stereocenters. The molecule has 3 fully saturated rings. The Morgan fingerprint density at radius 2 is 2.04 bits per heavy atom. The molecule has 25 heavy (non-hydrogen) atoms. The van der Waals surface area contributed by atoms with Gasteiger partial charge in [0.15, 0.2) is 0 Å². The van der Waals surface area contributed by atoms with Crippen molar-refractivity contribution in [2.24, 2.45) is 28.6 Å². The van der Waals surface area contributed by atoms with Crippen LogP contribution in [0.15, 0.2) is 23.4 Å². The maximum atomic E-state index is 11.3. The first-order valence-electron chi connectivity index (χ1n) is 10.1. The molecule has 0 spiro atoms. The predicted molar refractivity (Wildman–Crippen MR) is 99.6 cm³/mol. The van der Waals surface area contributed by atoms with Gasteiger partial charge in [-0.1, -0.05) is 31.1 Å². The zero-order valence-corrected chi connectivity index (χ0v) is 16.0. The molecule has 4 aliphatic carbocycles. The smallest absolute Gasteiger partial charge is 0.220 e. The minimum Gasteiger partial charge on any atom is -0.393 e. The summed E-state index contributed by atoms with van der Waals surface area (Å²) in [5.74, 6) is 2.32. The Morgan fingerprint density at radius 1 is 1.24 bits per heavy atom. The van der Waals surface area contributed by atoms with Crippen LogP contribution in [0.1, 0.15) is 72.1 Å². The maximum Gasteiger partial charge on any atom is 0.220 e. The number of aliphatic hydroxyl groups excluding tert-OH is 1. The van der Waals surface area contributed by atoms with E-state index in [1.807, 2.05) is 6.20 Å². The quantitative estimate of drug-likeness (QED) is 0.696. The predicted octanol–water partition coefficient (Wildman–Crippen LogP) is 4.33. The molecule has 0 aromatic heterocycles. The fourth-order valence-corrected chi connectivity index (χ4v) is 6.84. The van der Waals surface area contributed by atoms with Gasteiger partial charge >= 0.3 is 0 Å². The number of carbonyl (C=O) groups excluding carboxylic acids is 1. The highest BCUT2D eigenvalue weighted by Crippen LogP contribution is 2.65. The number of allylic oxidation sites excluding steroid dienone is 2. The van der Waals surface area contributed by atoms with Crippen LogP contribution in [0.3, 0.4) is 0 Å². The minimum absolute atomic E-state index is 0.0314. The number of carbonyl (C=O) groups is 1. The number of aliphatic hydroxyl groups is 1. The van der Waals surface area contributed by atoms with Gasteiger partial charge in [0.1, 0.15) is 0 Å². The number of nitrogens with one attached hydrogen (secondary N) is 1. The lowest BCUT2D eigenvalue weighted by molar-refractivity contribution is -0.118. The summed E-state index contributed by atoms with van der Waals surface area (Å²) in [6.07, 6.45) is 13.5. The lowest BCUT2D eigenvalue weighted by Gasteiger charge is -2.57. The summed E-state index contributed by atoms with van der Waals surface area (Å²) in [7, 11) is 0. The topological polar surface area (TPSA) is 49.3 Å². The molecule has 2 N–H and O–H groups in total. The summed E-state index contributed by atoms with van der Waals surface area (Å²) in [5.41, 5.74) is 3.69. The Balaban J connectivity index is 1.60. The number of hydrogen-bond donors (Lipinski definition) is 2. The van der Waals surface area contributed by atoms with E-state index in [2.05, 4.69) is 25.2 Å². The van der Waals surface area contributed by atoms with Crippen LogP contribution in [0.4, 0.5) is 0 Å². The Morgan fingerprint density at radius 3 is 2.80 bits per heavy atom. The lowest BCUT2D eigenvalue weighted by atomic mass is 9.48. The van der Waals surface area contributed by atoms with Crippen LogP contribution in [0, 0.1) is 28.6 Å². The number of rotatable bonds is 1. The summed E-state index contributed by atoms with van der Waals surface area (Å²) in [6.45, 7) is 6.55. The maximum absolute atomic E-state index is 11.3. The molecule has 3 heteroatoms. The second-order valence-electron chi connectivity index (χ2n) is 9.73. The Labute approximate surface area is 152 Å². The van der Waals surface area contributed by atoms with Crippen LogP contribution in [-0.4, -0.2) is 17.1 Å². The largest absolute Gasteiger partial charge is 0.393 e. The second-order valence-corrected chi connectivity index (χ2v) is 9.73. The number of amides is 1. The molecule has 0 bridgehead atoms. The molecule has 6 atom stereocenters. The second kappa shape index (κ2) is 5.97. The van der Waals surface area contributed by atoms with E-state index in [4.69, 9.17) is 0 Å². The van der Waals surface area contributed by atoms with Crippen molar-refractivity contribution < 1.29 is 9.90 Å². The van der Waals surface area contributed by atoms with Crippen LogP contribution in [0.5, 0.6) is 0 Å². The molecule has 0 heterocycles. The molecule has 4 rings (SSSR count). The monoisotopic (exact) mass is 343 g/mol. The third-order valence-corrected chi connectivity index (χ3v) is 8.19. The van der Waals surface area contributed by atoms with Gasteiger partial charge in [-0.3, -0.25) is 4.79 Å². The first-order chi connectivity index (χ1) is 11.8. The van der Waals surface area contributed by atoms with Crippen LogP contribution in [0.25, 0.3) is 0 Å². The van der Waals surface area contributed by atoms with Gasteiger partial charge in [-0.05, 0) is 80.0 Å². The highest BCUT2D eigenvalue weighted by molar-refractivity contribution is 5.74. The van der Waals surface area contributed by atoms with Crippen molar-refractivity contribution in [1.82, 2.24) is 5.32 Å². The van der Waals surface area contributed by atoms with E-state index in [1.54, 1.807) is 12.5 Å². The fourth-order valence-electron chi connectivity index (χ4n) is 6.84. The minimum atomic E-state index is -0.122. The van der Waals surface area contributed by atoms with Crippen molar-refractivity contribution in [2.45, 2.75) is 78.2 Å². The third-order valence-electron chi connectivity index (χ3n) is 8.19. The van der Waals surface area contributed by atoms with Gasteiger partial charge < -0.3 is 10.4 Å². The Bertz CT molecular complexity index is 636. The van der Waals surface area contributed by atoms with Crippen molar-refractivity contribution in [3.05, 3.63) is 23.4 Å². The van der Waals surface area contributed by atoms with Gasteiger partial charge in [0.25, 0.3) is 0 Å². The van der Waals surface area contributed by atoms with Gasteiger partial charge in [-0.25, -0.2) is 0 Å². The van der Waals surface area contributed by atoms with E-state index in [1.165, 1.54) is 24.8 Å². The SMILES string of the molecule is CC(=O)N/C=C1/C[C@H]2[C@@H]3CC=C4CC(O)CC[C@]4(C)[C@H]3CC[C@]2(C)C1. The van der Waals surface area contributed by atoms with Crippen molar-refractivity contribution in [1.29, 1.82) is 0 Å². The van der Waals surface area contributed by atoms with E-state index >= 15 is 0 Å². The van der Waals surface area contributed by atoms with E-state index in [-0.39, 0.29) is 12.0 Å². The first-order valence-corrected chi connectivity index (χ1v) is 10.1. The number of fused-ring (bicyclic) bond motifs is 5. The molecule has 0 saturated heterocycles. The summed E-state index contributed by atoms with van der Waals surface area (Å²) in [6, 6.07) is 0. The van der Waals surface area contributed by atoms with Gasteiger partial charge in [0.2, 0.25) is 5.91 Å². The third kappa shape index (κ3) is 2.79. The number of hydrogen-bond acceptors (Lipinski definition) is 2. The normalized spacial score (nSPS) is 47.5. The highest BCUT2D eigenvalue weighted by atomic mass is 16.3. The van der Waals surface area contributed by atoms with Crippen LogP contribution >= 0.6 is 0 Å². The van der Waals surface area contributed by atoms with E-state index in [0.717, 1.165) is 49.9 Å². The summed E-state index contributed by atoms with van der Waals surface area (Å²) in [4.78, 5) is 11.3. The standard InChI is InChI=1S/C22H33NO2/c1-14(24)23-13-15-10-20-18-5-4-16-11-17(25)6-9-22(16,3)19(18)7-8-21(20,2)12-15/h4,13,17-20,25H,5-12H2,1-3H3,(H,23,24)/b15-13-/t17?,18-,19+,20+,21-,22+/m1/s1. The van der Waals surface area contributed by atoms with Gasteiger partial charge in [-0.15, -0.1) is 0 Å². The molecule has 1 amide bonds. The Hall–Kier alpha value is -1.09. The van der Waals surface area contributed by atoms with Crippen LogP contribution in [0.2, 0.25) is 0 Å². The summed E-state index contributed by atoms with van der Waals surface area (Å²) < 4.78 is 0. The van der Waals surface area contributed by atoms with Crippen LogP contribution in [-0.2, 0) is 4.79 Å². The molecular weight excluding hydrogens is 310 g/mol. The van der Waals surface area contributed by atoms with E-state index in [0.29, 0.717) is 10.8 Å². The molecule has 138 valence electrons. The van der Waals surface area contributed by atoms with Gasteiger partial charge in [0, 0.05) is 13.1 Å². The molecule has 0 aromatic rings. The zero-order valence-electron chi connectivity index (χ0n) is 16.0. The lowest BCUT2D eigenvalue weighted by Crippen LogP contribution is -2.49. The average Bonchev–Trinajstić information content (AvgIpc) is 2.90. The molecule has 0 radical (unpaired) electrons. The average molecular weight is 344 g/mol. The van der Waals surface area contributed by atoms with E-state index in [9.17, 15) is 9.90 Å². The summed E-state index contributed by atoms with van der Waals surface area (Å²) >= 11 is 0. The van der Waals surface area contributed by atoms with E-state index < -0.39 is 0 Å². The van der Waals surface area contributed by atoms with Crippen LogP contribution < -0.4 is 5.32 Å². The highest BCUT2D eigenvalue weighted by Gasteiger charge is 2.56. The molecular formula is C22H33NO2.